The van der Waals surface area contributed by atoms with Gasteiger partial charge in [0.25, 0.3) is 0 Å². The topological polar surface area (TPSA) is 20.2 Å². The van der Waals surface area contributed by atoms with E-state index in [-0.39, 0.29) is 0 Å². The molecule has 3 aromatic rings. The van der Waals surface area contributed by atoms with Crippen LogP contribution in [0.3, 0.4) is 0 Å². The van der Waals surface area contributed by atoms with Crippen molar-refractivity contribution >= 4 is 22.1 Å². The van der Waals surface area contributed by atoms with Gasteiger partial charge in [-0.15, -0.1) is 0 Å². The molecule has 2 aromatic carbocycles. The Morgan fingerprint density at radius 3 is 2.67 bits per heavy atom. The molecule has 3 rings (SSSR count). The number of aliphatic hydroxyl groups excluding tert-OH is 1. The normalized spacial score (nSPS) is 12.8. The lowest BCUT2D eigenvalue weighted by Gasteiger charge is -2.15. The molecule has 0 amide bonds. The minimum atomic E-state index is -0.539. The van der Waals surface area contributed by atoms with Gasteiger partial charge in [0, 0.05) is 0 Å². The second kappa shape index (κ2) is 4.56. The summed E-state index contributed by atoms with van der Waals surface area (Å²) in [6, 6.07) is 14.4. The molecule has 0 aliphatic rings. The Kier molecular flexibility index (Phi) is 2.90. The number of hydrogen-bond donors (Lipinski definition) is 1. The van der Waals surface area contributed by atoms with E-state index in [2.05, 4.69) is 31.2 Å². The van der Waals surface area contributed by atoms with Gasteiger partial charge in [0.1, 0.15) is 6.10 Å². The largest absolute Gasteiger partial charge is 0.384 e. The quantitative estimate of drug-likeness (QED) is 0.723. The summed E-state index contributed by atoms with van der Waals surface area (Å²) >= 11 is 1.61. The molecule has 0 aliphatic carbocycles. The Morgan fingerprint density at radius 1 is 1.06 bits per heavy atom. The Morgan fingerprint density at radius 2 is 1.89 bits per heavy atom. The maximum atomic E-state index is 10.6. The number of fused-ring (bicyclic) bond motifs is 1. The second-order valence-corrected chi connectivity index (χ2v) is 5.26. The standard InChI is InChI=1S/C16H14OS/c1-11-6-7-12-4-2-3-5-14(12)15(11)16(17)13-8-9-18-10-13/h2-10,16-17H,1H3/t16-/m1/s1. The van der Waals surface area contributed by atoms with Crippen LogP contribution in [0.4, 0.5) is 0 Å². The summed E-state index contributed by atoms with van der Waals surface area (Å²) in [5.74, 6) is 0. The van der Waals surface area contributed by atoms with Gasteiger partial charge in [0.05, 0.1) is 0 Å². The molecule has 0 saturated carbocycles. The predicted molar refractivity (Wildman–Crippen MR) is 77.1 cm³/mol. The third kappa shape index (κ3) is 1.84. The van der Waals surface area contributed by atoms with Gasteiger partial charge >= 0.3 is 0 Å². The highest BCUT2D eigenvalue weighted by Gasteiger charge is 2.16. The van der Waals surface area contributed by atoms with Gasteiger partial charge in [-0.3, -0.25) is 0 Å². The third-order valence-corrected chi connectivity index (χ3v) is 4.02. The Hall–Kier alpha value is -1.64. The minimum Gasteiger partial charge on any atom is -0.384 e. The number of aryl methyl sites for hydroxylation is 1. The van der Waals surface area contributed by atoms with Crippen LogP contribution in [0.25, 0.3) is 10.8 Å². The van der Waals surface area contributed by atoms with Crippen LogP contribution in [0.1, 0.15) is 22.8 Å². The first kappa shape index (κ1) is 11.5. The predicted octanol–water partition coefficient (Wildman–Crippen LogP) is 4.29. The molecule has 0 fully saturated rings. The molecule has 18 heavy (non-hydrogen) atoms. The van der Waals surface area contributed by atoms with Gasteiger partial charge in [-0.1, -0.05) is 36.4 Å². The molecule has 1 atom stereocenters. The molecular formula is C16H14OS. The Labute approximate surface area is 110 Å². The summed E-state index contributed by atoms with van der Waals surface area (Å²) in [7, 11) is 0. The van der Waals surface area contributed by atoms with E-state index in [4.69, 9.17) is 0 Å². The molecule has 1 aromatic heterocycles. The molecule has 1 N–H and O–H groups in total. The first-order chi connectivity index (χ1) is 8.77. The van der Waals surface area contributed by atoms with Gasteiger partial charge in [0.2, 0.25) is 0 Å². The number of benzene rings is 2. The lowest BCUT2D eigenvalue weighted by Crippen LogP contribution is -2.01. The highest BCUT2D eigenvalue weighted by Crippen LogP contribution is 2.32. The molecular weight excluding hydrogens is 240 g/mol. The number of hydrogen-bond acceptors (Lipinski definition) is 2. The van der Waals surface area contributed by atoms with E-state index in [0.29, 0.717) is 0 Å². The monoisotopic (exact) mass is 254 g/mol. The molecule has 1 nitrogen and oxygen atoms in total. The van der Waals surface area contributed by atoms with Crippen LogP contribution in [-0.2, 0) is 0 Å². The third-order valence-electron chi connectivity index (χ3n) is 3.32. The van der Waals surface area contributed by atoms with E-state index in [1.54, 1.807) is 11.3 Å². The minimum absolute atomic E-state index is 0.539. The van der Waals surface area contributed by atoms with Crippen molar-refractivity contribution in [3.05, 3.63) is 69.9 Å². The molecule has 2 heteroatoms. The highest BCUT2D eigenvalue weighted by molar-refractivity contribution is 7.08. The molecule has 90 valence electrons. The average Bonchev–Trinajstić information content (AvgIpc) is 2.92. The zero-order chi connectivity index (χ0) is 12.5. The zero-order valence-corrected chi connectivity index (χ0v) is 10.9. The van der Waals surface area contributed by atoms with Crippen LogP contribution in [-0.4, -0.2) is 5.11 Å². The lowest BCUT2D eigenvalue weighted by molar-refractivity contribution is 0.221. The first-order valence-electron chi connectivity index (χ1n) is 5.96. The van der Waals surface area contributed by atoms with Crippen LogP contribution in [0.5, 0.6) is 0 Å². The molecule has 0 radical (unpaired) electrons. The number of aliphatic hydroxyl groups is 1. The van der Waals surface area contributed by atoms with E-state index in [1.165, 1.54) is 5.39 Å². The van der Waals surface area contributed by atoms with Crippen molar-refractivity contribution in [2.45, 2.75) is 13.0 Å². The van der Waals surface area contributed by atoms with Crippen molar-refractivity contribution in [1.82, 2.24) is 0 Å². The summed E-state index contributed by atoms with van der Waals surface area (Å²) in [6.45, 7) is 2.05. The lowest BCUT2D eigenvalue weighted by atomic mass is 9.93. The van der Waals surface area contributed by atoms with Crippen LogP contribution in [0.15, 0.2) is 53.2 Å². The van der Waals surface area contributed by atoms with E-state index in [9.17, 15) is 5.11 Å². The van der Waals surface area contributed by atoms with Crippen molar-refractivity contribution in [3.63, 3.8) is 0 Å². The van der Waals surface area contributed by atoms with Crippen molar-refractivity contribution in [2.75, 3.05) is 0 Å². The van der Waals surface area contributed by atoms with E-state index >= 15 is 0 Å². The Bertz CT molecular complexity index is 671. The van der Waals surface area contributed by atoms with E-state index < -0.39 is 6.10 Å². The Balaban J connectivity index is 2.24. The van der Waals surface area contributed by atoms with Crippen LogP contribution in [0.2, 0.25) is 0 Å². The fourth-order valence-corrected chi connectivity index (χ4v) is 3.04. The molecule has 1 heterocycles. The van der Waals surface area contributed by atoms with Crippen molar-refractivity contribution in [1.29, 1.82) is 0 Å². The molecule has 0 bridgehead atoms. The van der Waals surface area contributed by atoms with Gasteiger partial charge in [-0.05, 0) is 51.2 Å². The second-order valence-electron chi connectivity index (χ2n) is 4.48. The average molecular weight is 254 g/mol. The van der Waals surface area contributed by atoms with Crippen LogP contribution < -0.4 is 0 Å². The smallest absolute Gasteiger partial charge is 0.106 e. The van der Waals surface area contributed by atoms with Crippen molar-refractivity contribution in [3.8, 4) is 0 Å². The van der Waals surface area contributed by atoms with Gasteiger partial charge < -0.3 is 5.11 Å². The van der Waals surface area contributed by atoms with E-state index in [1.807, 2.05) is 29.0 Å². The number of rotatable bonds is 2. The highest BCUT2D eigenvalue weighted by atomic mass is 32.1. The summed E-state index contributed by atoms with van der Waals surface area (Å²) in [5, 5.41) is 16.9. The molecule has 0 aliphatic heterocycles. The van der Waals surface area contributed by atoms with Gasteiger partial charge in [-0.2, -0.15) is 11.3 Å². The summed E-state index contributed by atoms with van der Waals surface area (Å²) in [5.41, 5.74) is 3.12. The fourth-order valence-electron chi connectivity index (χ4n) is 2.36. The number of thiophene rings is 1. The maximum Gasteiger partial charge on any atom is 0.106 e. The summed E-state index contributed by atoms with van der Waals surface area (Å²) < 4.78 is 0. The van der Waals surface area contributed by atoms with Crippen LogP contribution in [0, 0.1) is 6.92 Å². The van der Waals surface area contributed by atoms with Crippen molar-refractivity contribution < 1.29 is 5.11 Å². The van der Waals surface area contributed by atoms with E-state index in [0.717, 1.165) is 22.1 Å². The maximum absolute atomic E-state index is 10.6. The molecule has 0 saturated heterocycles. The summed E-state index contributed by atoms with van der Waals surface area (Å²) in [4.78, 5) is 0. The summed E-state index contributed by atoms with van der Waals surface area (Å²) in [6.07, 6.45) is -0.539. The first-order valence-corrected chi connectivity index (χ1v) is 6.90. The fraction of sp³-hybridized carbons (Fsp3) is 0.125. The van der Waals surface area contributed by atoms with Gasteiger partial charge in [-0.25, -0.2) is 0 Å². The molecule has 0 unspecified atom stereocenters. The van der Waals surface area contributed by atoms with Crippen LogP contribution >= 0.6 is 11.3 Å². The SMILES string of the molecule is Cc1ccc2ccccc2c1[C@H](O)c1ccsc1. The molecule has 0 spiro atoms. The van der Waals surface area contributed by atoms with Gasteiger partial charge in [0.15, 0.2) is 0 Å². The zero-order valence-electron chi connectivity index (χ0n) is 10.1. The van der Waals surface area contributed by atoms with Crippen molar-refractivity contribution in [2.24, 2.45) is 0 Å².